The fourth-order valence-electron chi connectivity index (χ4n) is 3.34. The van der Waals surface area contributed by atoms with Crippen molar-refractivity contribution in [1.29, 1.82) is 0 Å². The molecule has 1 unspecified atom stereocenters. The van der Waals surface area contributed by atoms with E-state index in [0.717, 1.165) is 35.1 Å². The summed E-state index contributed by atoms with van der Waals surface area (Å²) >= 11 is 0. The first-order valence-electron chi connectivity index (χ1n) is 7.27. The van der Waals surface area contributed by atoms with Gasteiger partial charge in [-0.05, 0) is 31.4 Å². The molecular weight excluding hydrogens is 236 g/mol. The van der Waals surface area contributed by atoms with Crippen LogP contribution in [0.5, 0.6) is 0 Å². The molecule has 1 aliphatic carbocycles. The maximum absolute atomic E-state index is 10.7. The molecule has 0 saturated heterocycles. The van der Waals surface area contributed by atoms with Crippen molar-refractivity contribution >= 4 is 11.0 Å². The first kappa shape index (κ1) is 12.7. The molecule has 1 heterocycles. The second-order valence-electron chi connectivity index (χ2n) is 6.26. The van der Waals surface area contributed by atoms with Crippen LogP contribution in [0.1, 0.15) is 56.5 Å². The number of furan rings is 1. The standard InChI is InChI=1S/C17H22O2/c1-12-7-6-8-13-11-14(19-15(12)13)16(18)17(2)9-4-3-5-10-17/h6-8,11,16,18H,3-5,9-10H2,1-2H3. The normalized spacial score (nSPS) is 20.6. The van der Waals surface area contributed by atoms with Gasteiger partial charge in [0.15, 0.2) is 0 Å². The van der Waals surface area contributed by atoms with E-state index in [1.807, 2.05) is 31.2 Å². The Labute approximate surface area is 114 Å². The van der Waals surface area contributed by atoms with Crippen LogP contribution in [0.4, 0.5) is 0 Å². The third kappa shape index (κ3) is 2.18. The third-order valence-electron chi connectivity index (χ3n) is 4.69. The summed E-state index contributed by atoms with van der Waals surface area (Å²) in [5.74, 6) is 0.730. The Balaban J connectivity index is 1.97. The molecule has 1 aromatic carbocycles. The molecule has 0 amide bonds. The summed E-state index contributed by atoms with van der Waals surface area (Å²) in [4.78, 5) is 0. The number of rotatable bonds is 2. The first-order valence-corrected chi connectivity index (χ1v) is 7.27. The highest BCUT2D eigenvalue weighted by Gasteiger charge is 2.37. The molecule has 1 fully saturated rings. The lowest BCUT2D eigenvalue weighted by Gasteiger charge is -2.36. The van der Waals surface area contributed by atoms with Gasteiger partial charge < -0.3 is 9.52 Å². The Hall–Kier alpha value is -1.28. The summed E-state index contributed by atoms with van der Waals surface area (Å²) in [5, 5.41) is 11.8. The van der Waals surface area contributed by atoms with Gasteiger partial charge in [0.1, 0.15) is 17.4 Å². The molecule has 19 heavy (non-hydrogen) atoms. The summed E-state index contributed by atoms with van der Waals surface area (Å²) < 4.78 is 5.93. The van der Waals surface area contributed by atoms with Gasteiger partial charge >= 0.3 is 0 Å². The largest absolute Gasteiger partial charge is 0.458 e. The first-order chi connectivity index (χ1) is 9.10. The SMILES string of the molecule is Cc1cccc2cc(C(O)C3(C)CCCCC3)oc12. The van der Waals surface area contributed by atoms with E-state index in [9.17, 15) is 5.11 Å². The van der Waals surface area contributed by atoms with Crippen LogP contribution in [0.25, 0.3) is 11.0 Å². The van der Waals surface area contributed by atoms with Crippen LogP contribution in [0.3, 0.4) is 0 Å². The van der Waals surface area contributed by atoms with Crippen molar-refractivity contribution in [3.8, 4) is 0 Å². The van der Waals surface area contributed by atoms with E-state index in [0.29, 0.717) is 0 Å². The Bertz CT molecular complexity index is 576. The maximum Gasteiger partial charge on any atom is 0.137 e. The number of aryl methyl sites for hydroxylation is 1. The summed E-state index contributed by atoms with van der Waals surface area (Å²) in [5.41, 5.74) is 2.01. The van der Waals surface area contributed by atoms with Crippen molar-refractivity contribution in [3.05, 3.63) is 35.6 Å². The molecule has 1 atom stereocenters. The van der Waals surface area contributed by atoms with Gasteiger partial charge in [0, 0.05) is 10.8 Å². The van der Waals surface area contributed by atoms with Crippen molar-refractivity contribution in [1.82, 2.24) is 0 Å². The highest BCUT2D eigenvalue weighted by Crippen LogP contribution is 2.46. The minimum atomic E-state index is -0.486. The monoisotopic (exact) mass is 258 g/mol. The molecule has 102 valence electrons. The quantitative estimate of drug-likeness (QED) is 0.843. The van der Waals surface area contributed by atoms with Gasteiger partial charge in [-0.1, -0.05) is 44.4 Å². The smallest absolute Gasteiger partial charge is 0.137 e. The molecule has 1 N–H and O–H groups in total. The average Bonchev–Trinajstić information content (AvgIpc) is 2.84. The van der Waals surface area contributed by atoms with E-state index in [1.54, 1.807) is 0 Å². The third-order valence-corrected chi connectivity index (χ3v) is 4.69. The van der Waals surface area contributed by atoms with Gasteiger partial charge in [-0.25, -0.2) is 0 Å². The molecule has 0 spiro atoms. The number of hydrogen-bond donors (Lipinski definition) is 1. The molecule has 3 rings (SSSR count). The van der Waals surface area contributed by atoms with Crippen LogP contribution in [-0.4, -0.2) is 5.11 Å². The zero-order chi connectivity index (χ0) is 13.5. The Kier molecular flexibility index (Phi) is 3.14. The van der Waals surface area contributed by atoms with Crippen molar-refractivity contribution in [3.63, 3.8) is 0 Å². The summed E-state index contributed by atoms with van der Waals surface area (Å²) in [7, 11) is 0. The topological polar surface area (TPSA) is 33.4 Å². The molecule has 0 bridgehead atoms. The average molecular weight is 258 g/mol. The molecule has 2 aromatic rings. The highest BCUT2D eigenvalue weighted by molar-refractivity contribution is 5.80. The van der Waals surface area contributed by atoms with Crippen LogP contribution in [0.15, 0.2) is 28.7 Å². The Morgan fingerprint density at radius 3 is 2.63 bits per heavy atom. The predicted octanol–water partition coefficient (Wildman–Crippen LogP) is 4.75. The minimum Gasteiger partial charge on any atom is -0.458 e. The van der Waals surface area contributed by atoms with Crippen molar-refractivity contribution < 1.29 is 9.52 Å². The predicted molar refractivity (Wildman–Crippen MR) is 77.1 cm³/mol. The number of aliphatic hydroxyl groups is 1. The molecule has 0 radical (unpaired) electrons. The second kappa shape index (κ2) is 4.68. The lowest BCUT2D eigenvalue weighted by molar-refractivity contribution is -0.00525. The van der Waals surface area contributed by atoms with Gasteiger partial charge in [0.2, 0.25) is 0 Å². The lowest BCUT2D eigenvalue weighted by Crippen LogP contribution is -2.27. The van der Waals surface area contributed by atoms with Crippen LogP contribution in [0, 0.1) is 12.3 Å². The molecule has 2 nitrogen and oxygen atoms in total. The van der Waals surface area contributed by atoms with E-state index < -0.39 is 6.10 Å². The summed E-state index contributed by atoms with van der Waals surface area (Å²) in [6.45, 7) is 4.24. The van der Waals surface area contributed by atoms with E-state index in [4.69, 9.17) is 4.42 Å². The maximum atomic E-state index is 10.7. The number of fused-ring (bicyclic) bond motifs is 1. The minimum absolute atomic E-state index is 0.0277. The van der Waals surface area contributed by atoms with Gasteiger partial charge in [-0.15, -0.1) is 0 Å². The van der Waals surface area contributed by atoms with Crippen molar-refractivity contribution in [2.24, 2.45) is 5.41 Å². The lowest BCUT2D eigenvalue weighted by atomic mass is 9.71. The summed E-state index contributed by atoms with van der Waals surface area (Å²) in [6, 6.07) is 8.13. The fourth-order valence-corrected chi connectivity index (χ4v) is 3.34. The van der Waals surface area contributed by atoms with Gasteiger partial charge in [0.05, 0.1) is 0 Å². The molecule has 1 aromatic heterocycles. The Morgan fingerprint density at radius 2 is 1.95 bits per heavy atom. The number of hydrogen-bond acceptors (Lipinski definition) is 2. The number of para-hydroxylation sites is 1. The van der Waals surface area contributed by atoms with Crippen molar-refractivity contribution in [2.45, 2.75) is 52.1 Å². The molecule has 2 heteroatoms. The van der Waals surface area contributed by atoms with Gasteiger partial charge in [-0.3, -0.25) is 0 Å². The zero-order valence-corrected chi connectivity index (χ0v) is 11.8. The van der Waals surface area contributed by atoms with E-state index in [2.05, 4.69) is 6.92 Å². The van der Waals surface area contributed by atoms with E-state index in [-0.39, 0.29) is 5.41 Å². The van der Waals surface area contributed by atoms with E-state index in [1.165, 1.54) is 19.3 Å². The van der Waals surface area contributed by atoms with Crippen molar-refractivity contribution in [2.75, 3.05) is 0 Å². The Morgan fingerprint density at radius 1 is 1.21 bits per heavy atom. The van der Waals surface area contributed by atoms with Crippen LogP contribution in [0.2, 0.25) is 0 Å². The van der Waals surface area contributed by atoms with Gasteiger partial charge in [0.25, 0.3) is 0 Å². The molecule has 1 aliphatic rings. The summed E-state index contributed by atoms with van der Waals surface area (Å²) in [6.07, 6.45) is 5.41. The van der Waals surface area contributed by atoms with Crippen LogP contribution >= 0.6 is 0 Å². The number of aliphatic hydroxyl groups excluding tert-OH is 1. The second-order valence-corrected chi connectivity index (χ2v) is 6.26. The van der Waals surface area contributed by atoms with Gasteiger partial charge in [-0.2, -0.15) is 0 Å². The molecule has 1 saturated carbocycles. The molecular formula is C17H22O2. The van der Waals surface area contributed by atoms with Crippen LogP contribution < -0.4 is 0 Å². The van der Waals surface area contributed by atoms with Crippen LogP contribution in [-0.2, 0) is 0 Å². The number of benzene rings is 1. The highest BCUT2D eigenvalue weighted by atomic mass is 16.4. The zero-order valence-electron chi connectivity index (χ0n) is 11.8. The molecule has 0 aliphatic heterocycles. The van der Waals surface area contributed by atoms with E-state index >= 15 is 0 Å². The fraction of sp³-hybridized carbons (Fsp3) is 0.529.